The fourth-order valence-electron chi connectivity index (χ4n) is 1.98. The van der Waals surface area contributed by atoms with Crippen LogP contribution >= 0.6 is 11.8 Å². The molecule has 1 aromatic heterocycles. The minimum absolute atomic E-state index is 0.592. The van der Waals surface area contributed by atoms with Crippen molar-refractivity contribution < 1.29 is 0 Å². The summed E-state index contributed by atoms with van der Waals surface area (Å²) in [6.45, 7) is 4.43. The topological polar surface area (TPSA) is 49.3 Å². The molecule has 2 N–H and O–H groups in total. The first-order valence-corrected chi connectivity index (χ1v) is 8.97. The Balaban J connectivity index is 1.69. The first-order chi connectivity index (χ1) is 11.4. The van der Waals surface area contributed by atoms with Crippen LogP contribution in [0.15, 0.2) is 64.6 Å². The highest BCUT2D eigenvalue weighted by Crippen LogP contribution is 2.17. The Labute approximate surface area is 142 Å². The Kier molecular flexibility index (Phi) is 8.05. The number of nitrogens with zero attached hydrogens (tertiary/aromatic N) is 2. The van der Waals surface area contributed by atoms with E-state index in [0.717, 1.165) is 36.9 Å². The number of rotatable bonds is 8. The Morgan fingerprint density at radius 3 is 2.65 bits per heavy atom. The number of aromatic nitrogens is 1. The molecule has 4 nitrogen and oxygen atoms in total. The van der Waals surface area contributed by atoms with Crippen molar-refractivity contribution in [1.82, 2.24) is 15.6 Å². The fraction of sp³-hybridized carbons (Fsp3) is 0.333. The molecule has 0 spiro atoms. The van der Waals surface area contributed by atoms with Gasteiger partial charge in [-0.3, -0.25) is 4.98 Å². The van der Waals surface area contributed by atoms with Gasteiger partial charge in [-0.15, -0.1) is 11.8 Å². The number of pyridine rings is 1. The second-order valence-corrected chi connectivity index (χ2v) is 6.13. The molecule has 0 bridgehead atoms. The van der Waals surface area contributed by atoms with Gasteiger partial charge in [-0.1, -0.05) is 24.3 Å². The minimum Gasteiger partial charge on any atom is -0.357 e. The van der Waals surface area contributed by atoms with Gasteiger partial charge in [0.15, 0.2) is 5.96 Å². The molecule has 0 aliphatic carbocycles. The number of nitrogens with one attached hydrogen (secondary N) is 2. The number of aliphatic imine (C=N–C) groups is 1. The SMILES string of the molecule is CCNC(=NCc1ccccn1)NCCCSc1ccccc1. The van der Waals surface area contributed by atoms with Gasteiger partial charge in [-0.2, -0.15) is 0 Å². The molecule has 0 radical (unpaired) electrons. The zero-order valence-electron chi connectivity index (χ0n) is 13.5. The third kappa shape index (κ3) is 7.19. The summed E-state index contributed by atoms with van der Waals surface area (Å²) < 4.78 is 0. The third-order valence-corrected chi connectivity index (χ3v) is 4.19. The Hall–Kier alpha value is -2.01. The van der Waals surface area contributed by atoms with Crippen molar-refractivity contribution in [1.29, 1.82) is 0 Å². The summed E-state index contributed by atoms with van der Waals surface area (Å²) in [5, 5.41) is 6.64. The van der Waals surface area contributed by atoms with Crippen LogP contribution in [0.2, 0.25) is 0 Å². The van der Waals surface area contributed by atoms with Crippen LogP contribution in [-0.4, -0.2) is 29.8 Å². The van der Waals surface area contributed by atoms with Crippen LogP contribution in [-0.2, 0) is 6.54 Å². The van der Waals surface area contributed by atoms with E-state index in [0.29, 0.717) is 6.54 Å². The van der Waals surface area contributed by atoms with Crippen LogP contribution in [0.25, 0.3) is 0 Å². The van der Waals surface area contributed by atoms with E-state index in [4.69, 9.17) is 0 Å². The third-order valence-electron chi connectivity index (χ3n) is 3.10. The van der Waals surface area contributed by atoms with Crippen LogP contribution in [0, 0.1) is 0 Å². The zero-order valence-corrected chi connectivity index (χ0v) is 14.4. The fourth-order valence-corrected chi connectivity index (χ4v) is 2.85. The van der Waals surface area contributed by atoms with Gasteiger partial charge in [0, 0.05) is 24.2 Å². The lowest BCUT2D eigenvalue weighted by atomic mass is 10.3. The Morgan fingerprint density at radius 2 is 1.91 bits per heavy atom. The minimum atomic E-state index is 0.592. The summed E-state index contributed by atoms with van der Waals surface area (Å²) in [6.07, 6.45) is 2.89. The maximum absolute atomic E-state index is 4.56. The molecule has 1 heterocycles. The summed E-state index contributed by atoms with van der Waals surface area (Å²) >= 11 is 1.89. The first kappa shape index (κ1) is 17.3. The van der Waals surface area contributed by atoms with E-state index in [1.165, 1.54) is 4.90 Å². The molecular formula is C18H24N4S. The molecule has 0 amide bonds. The molecule has 2 aromatic rings. The number of benzene rings is 1. The normalized spacial score (nSPS) is 11.3. The van der Waals surface area contributed by atoms with E-state index in [-0.39, 0.29) is 0 Å². The molecule has 0 aliphatic heterocycles. The van der Waals surface area contributed by atoms with Crippen molar-refractivity contribution in [3.05, 3.63) is 60.4 Å². The summed E-state index contributed by atoms with van der Waals surface area (Å²) in [5.41, 5.74) is 0.976. The lowest BCUT2D eigenvalue weighted by Crippen LogP contribution is -2.37. The first-order valence-electron chi connectivity index (χ1n) is 7.98. The predicted octanol–water partition coefficient (Wildman–Crippen LogP) is 3.32. The second kappa shape index (κ2) is 10.7. The van der Waals surface area contributed by atoms with Gasteiger partial charge < -0.3 is 10.6 Å². The highest BCUT2D eigenvalue weighted by atomic mass is 32.2. The monoisotopic (exact) mass is 328 g/mol. The van der Waals surface area contributed by atoms with Crippen LogP contribution in [0.3, 0.4) is 0 Å². The molecule has 122 valence electrons. The smallest absolute Gasteiger partial charge is 0.191 e. The predicted molar refractivity (Wildman–Crippen MR) is 98.8 cm³/mol. The summed E-state index contributed by atoms with van der Waals surface area (Å²) in [5.74, 6) is 1.94. The molecule has 5 heteroatoms. The highest BCUT2D eigenvalue weighted by Gasteiger charge is 1.98. The van der Waals surface area contributed by atoms with Crippen LogP contribution < -0.4 is 10.6 Å². The molecule has 0 atom stereocenters. The lowest BCUT2D eigenvalue weighted by Gasteiger charge is -2.11. The number of guanidine groups is 1. The molecule has 0 fully saturated rings. The standard InChI is InChI=1S/C18H24N4S/c1-2-19-18(22-15-16-9-6-7-12-20-16)21-13-8-14-23-17-10-4-3-5-11-17/h3-7,9-12H,2,8,13-15H2,1H3,(H2,19,21,22). The molecular weight excluding hydrogens is 304 g/mol. The molecule has 0 saturated carbocycles. The molecule has 0 unspecified atom stereocenters. The summed E-state index contributed by atoms with van der Waals surface area (Å²) in [6, 6.07) is 16.4. The van der Waals surface area contributed by atoms with Gasteiger partial charge in [-0.05, 0) is 43.4 Å². The van der Waals surface area contributed by atoms with Crippen molar-refractivity contribution >= 4 is 17.7 Å². The van der Waals surface area contributed by atoms with E-state index in [2.05, 4.69) is 51.8 Å². The highest BCUT2D eigenvalue weighted by molar-refractivity contribution is 7.99. The molecule has 0 aliphatic rings. The average molecular weight is 328 g/mol. The summed E-state index contributed by atoms with van der Waals surface area (Å²) in [4.78, 5) is 10.2. The van der Waals surface area contributed by atoms with Crippen LogP contribution in [0.5, 0.6) is 0 Å². The van der Waals surface area contributed by atoms with E-state index in [9.17, 15) is 0 Å². The summed E-state index contributed by atoms with van der Waals surface area (Å²) in [7, 11) is 0. The van der Waals surface area contributed by atoms with Gasteiger partial charge in [0.2, 0.25) is 0 Å². The van der Waals surface area contributed by atoms with Crippen molar-refractivity contribution in [2.75, 3.05) is 18.8 Å². The second-order valence-electron chi connectivity index (χ2n) is 4.96. The Bertz CT molecular complexity index is 572. The van der Waals surface area contributed by atoms with E-state index in [1.807, 2.05) is 36.0 Å². The Morgan fingerprint density at radius 1 is 1.09 bits per heavy atom. The van der Waals surface area contributed by atoms with Crippen molar-refractivity contribution in [3.63, 3.8) is 0 Å². The van der Waals surface area contributed by atoms with Crippen molar-refractivity contribution in [3.8, 4) is 0 Å². The number of thioether (sulfide) groups is 1. The molecule has 23 heavy (non-hydrogen) atoms. The van der Waals surface area contributed by atoms with Gasteiger partial charge in [0.05, 0.1) is 12.2 Å². The van der Waals surface area contributed by atoms with E-state index < -0.39 is 0 Å². The van der Waals surface area contributed by atoms with E-state index in [1.54, 1.807) is 6.20 Å². The maximum atomic E-state index is 4.56. The van der Waals surface area contributed by atoms with Gasteiger partial charge >= 0.3 is 0 Å². The van der Waals surface area contributed by atoms with Crippen LogP contribution in [0.4, 0.5) is 0 Å². The van der Waals surface area contributed by atoms with Gasteiger partial charge in [-0.25, -0.2) is 4.99 Å². The molecule has 1 aromatic carbocycles. The maximum Gasteiger partial charge on any atom is 0.191 e. The lowest BCUT2D eigenvalue weighted by molar-refractivity contribution is 0.787. The van der Waals surface area contributed by atoms with Crippen molar-refractivity contribution in [2.24, 2.45) is 4.99 Å². The van der Waals surface area contributed by atoms with E-state index >= 15 is 0 Å². The molecule has 0 saturated heterocycles. The number of hydrogen-bond donors (Lipinski definition) is 2. The molecule has 2 rings (SSSR count). The van der Waals surface area contributed by atoms with Gasteiger partial charge in [0.25, 0.3) is 0 Å². The van der Waals surface area contributed by atoms with Crippen LogP contribution in [0.1, 0.15) is 19.0 Å². The van der Waals surface area contributed by atoms with Crippen molar-refractivity contribution in [2.45, 2.75) is 24.8 Å². The zero-order chi connectivity index (χ0) is 16.2. The quantitative estimate of drug-likeness (QED) is 0.338. The number of hydrogen-bond acceptors (Lipinski definition) is 3. The average Bonchev–Trinajstić information content (AvgIpc) is 2.61. The van der Waals surface area contributed by atoms with Gasteiger partial charge in [0.1, 0.15) is 0 Å². The largest absolute Gasteiger partial charge is 0.357 e.